The van der Waals surface area contributed by atoms with E-state index in [0.29, 0.717) is 4.88 Å². The van der Waals surface area contributed by atoms with Crippen LogP contribution in [0, 0.1) is 10.1 Å². The fraction of sp³-hybridized carbons (Fsp3) is 0.208. The van der Waals surface area contributed by atoms with Gasteiger partial charge in [-0.1, -0.05) is 6.07 Å². The highest BCUT2D eigenvalue weighted by Gasteiger charge is 2.25. The minimum atomic E-state index is -1.33. The van der Waals surface area contributed by atoms with Gasteiger partial charge in [0, 0.05) is 24.3 Å². The number of thiophene rings is 1. The third-order valence-corrected chi connectivity index (χ3v) is 5.91. The average Bonchev–Trinajstić information content (AvgIpc) is 3.43. The van der Waals surface area contributed by atoms with E-state index in [1.807, 2.05) is 0 Å². The number of ether oxygens (including phenoxy) is 4. The Morgan fingerprint density at radius 2 is 1.59 bits per heavy atom. The molecule has 0 radical (unpaired) electrons. The second-order valence-corrected chi connectivity index (χ2v) is 8.31. The summed E-state index contributed by atoms with van der Waals surface area (Å²) in [5.41, 5.74) is -0.249. The topological polar surface area (TPSA) is 155 Å². The maximum Gasteiger partial charge on any atom is 0.341 e. The molecule has 0 aliphatic carbocycles. The Labute approximate surface area is 215 Å². The third kappa shape index (κ3) is 6.32. The molecule has 3 aromatic rings. The van der Waals surface area contributed by atoms with Gasteiger partial charge in [0.1, 0.15) is 5.75 Å². The Kier molecular flexibility index (Phi) is 8.64. The lowest BCUT2D eigenvalue weighted by atomic mass is 10.1. The van der Waals surface area contributed by atoms with Crippen LogP contribution in [0.4, 0.5) is 17.1 Å². The van der Waals surface area contributed by atoms with Gasteiger partial charge in [0.2, 0.25) is 0 Å². The number of nitrogens with one attached hydrogen (secondary N) is 2. The number of carbonyl (C=O) groups excluding carboxylic acids is 3. The van der Waals surface area contributed by atoms with Gasteiger partial charge in [-0.25, -0.2) is 4.79 Å². The summed E-state index contributed by atoms with van der Waals surface area (Å²) >= 11 is 1.21. The highest BCUT2D eigenvalue weighted by Crippen LogP contribution is 2.34. The average molecular weight is 530 g/mol. The normalized spacial score (nSPS) is 11.1. The monoisotopic (exact) mass is 529 g/mol. The molecular weight excluding hydrogens is 506 g/mol. The molecule has 3 rings (SSSR count). The van der Waals surface area contributed by atoms with E-state index in [0.717, 1.165) is 6.07 Å². The van der Waals surface area contributed by atoms with Crippen molar-refractivity contribution in [2.75, 3.05) is 32.0 Å². The largest absolute Gasteiger partial charge is 0.495 e. The van der Waals surface area contributed by atoms with E-state index in [4.69, 9.17) is 18.9 Å². The number of esters is 1. The molecule has 0 spiro atoms. The van der Waals surface area contributed by atoms with E-state index in [2.05, 4.69) is 10.6 Å². The lowest BCUT2D eigenvalue weighted by molar-refractivity contribution is -0.384. The van der Waals surface area contributed by atoms with Gasteiger partial charge < -0.3 is 29.6 Å². The predicted molar refractivity (Wildman–Crippen MR) is 135 cm³/mol. The Bertz CT molecular complexity index is 1330. The number of non-ortho nitro benzene ring substituents is 1. The number of carbonyl (C=O) groups is 3. The van der Waals surface area contributed by atoms with E-state index in [-0.39, 0.29) is 39.9 Å². The van der Waals surface area contributed by atoms with Crippen molar-refractivity contribution >= 4 is 46.2 Å². The Hall–Kier alpha value is -4.65. The summed E-state index contributed by atoms with van der Waals surface area (Å²) < 4.78 is 21.0. The van der Waals surface area contributed by atoms with Crippen LogP contribution in [0.2, 0.25) is 0 Å². The standard InChI is InChI=1S/C24H23N3O9S/c1-13(22(28)26-17-10-14(27(31)32)7-8-18(17)33-2)36-24(30)15-11-19(34-3)20(35-4)12-16(15)25-23(29)21-6-5-9-37-21/h5-13H,1-4H3,(H,25,29)(H,26,28). The van der Waals surface area contributed by atoms with Crippen LogP contribution in [-0.2, 0) is 9.53 Å². The molecule has 1 atom stereocenters. The van der Waals surface area contributed by atoms with Crippen molar-refractivity contribution < 1.29 is 38.3 Å². The number of methoxy groups -OCH3 is 3. The van der Waals surface area contributed by atoms with E-state index < -0.39 is 28.8 Å². The van der Waals surface area contributed by atoms with E-state index in [1.54, 1.807) is 17.5 Å². The molecule has 13 heteroatoms. The molecule has 194 valence electrons. The number of hydrogen-bond acceptors (Lipinski definition) is 10. The fourth-order valence-electron chi connectivity index (χ4n) is 3.16. The molecule has 0 saturated carbocycles. The highest BCUT2D eigenvalue weighted by atomic mass is 32.1. The van der Waals surface area contributed by atoms with E-state index in [9.17, 15) is 24.5 Å². The summed E-state index contributed by atoms with van der Waals surface area (Å²) in [5.74, 6) is -1.53. The summed E-state index contributed by atoms with van der Waals surface area (Å²) in [6, 6.07) is 9.72. The zero-order valence-electron chi connectivity index (χ0n) is 20.2. The summed E-state index contributed by atoms with van der Waals surface area (Å²) in [6.07, 6.45) is -1.33. The Morgan fingerprint density at radius 1 is 0.919 bits per heavy atom. The van der Waals surface area contributed by atoms with Crippen molar-refractivity contribution in [2.45, 2.75) is 13.0 Å². The van der Waals surface area contributed by atoms with E-state index >= 15 is 0 Å². The number of nitro benzene ring substituents is 1. The quantitative estimate of drug-likeness (QED) is 0.224. The molecule has 0 saturated heterocycles. The molecule has 0 aliphatic heterocycles. The number of nitrogens with zero attached hydrogens (tertiary/aromatic N) is 1. The lowest BCUT2D eigenvalue weighted by Gasteiger charge is -2.18. The third-order valence-electron chi connectivity index (χ3n) is 5.04. The Morgan fingerprint density at radius 3 is 2.19 bits per heavy atom. The number of hydrogen-bond donors (Lipinski definition) is 2. The van der Waals surface area contributed by atoms with Crippen molar-refractivity contribution in [1.82, 2.24) is 0 Å². The second kappa shape index (κ2) is 11.9. The van der Waals surface area contributed by atoms with Gasteiger partial charge in [-0.3, -0.25) is 19.7 Å². The molecule has 37 heavy (non-hydrogen) atoms. The predicted octanol–water partition coefficient (Wildman–Crippen LogP) is 4.12. The van der Waals surface area contributed by atoms with Crippen molar-refractivity contribution in [3.05, 3.63) is 68.4 Å². The minimum absolute atomic E-state index is 0.0274. The van der Waals surface area contributed by atoms with Gasteiger partial charge in [-0.15, -0.1) is 11.3 Å². The fourth-order valence-corrected chi connectivity index (χ4v) is 3.78. The van der Waals surface area contributed by atoms with Gasteiger partial charge >= 0.3 is 5.97 Å². The molecular formula is C24H23N3O9S. The van der Waals surface area contributed by atoms with Crippen LogP contribution in [0.25, 0.3) is 0 Å². The van der Waals surface area contributed by atoms with E-state index in [1.165, 1.54) is 63.9 Å². The number of amides is 2. The first kappa shape index (κ1) is 26.9. The van der Waals surface area contributed by atoms with Crippen LogP contribution >= 0.6 is 11.3 Å². The number of anilines is 2. The first-order chi connectivity index (χ1) is 17.7. The highest BCUT2D eigenvalue weighted by molar-refractivity contribution is 7.12. The molecule has 2 aromatic carbocycles. The van der Waals surface area contributed by atoms with Gasteiger partial charge in [0.05, 0.1) is 48.1 Å². The maximum atomic E-state index is 13.1. The first-order valence-electron chi connectivity index (χ1n) is 10.6. The molecule has 0 fully saturated rings. The molecule has 1 heterocycles. The smallest absolute Gasteiger partial charge is 0.341 e. The molecule has 0 aliphatic rings. The lowest BCUT2D eigenvalue weighted by Crippen LogP contribution is -2.30. The van der Waals surface area contributed by atoms with Crippen LogP contribution in [0.1, 0.15) is 27.0 Å². The summed E-state index contributed by atoms with van der Waals surface area (Å²) in [7, 11) is 4.11. The van der Waals surface area contributed by atoms with Gasteiger partial charge in [0.15, 0.2) is 17.6 Å². The van der Waals surface area contributed by atoms with Crippen molar-refractivity contribution in [2.24, 2.45) is 0 Å². The van der Waals surface area contributed by atoms with Crippen LogP contribution in [0.3, 0.4) is 0 Å². The minimum Gasteiger partial charge on any atom is -0.495 e. The molecule has 0 bridgehead atoms. The van der Waals surface area contributed by atoms with Gasteiger partial charge in [-0.2, -0.15) is 0 Å². The van der Waals surface area contributed by atoms with Crippen LogP contribution in [0.15, 0.2) is 47.8 Å². The zero-order valence-corrected chi connectivity index (χ0v) is 21.0. The molecule has 1 aromatic heterocycles. The molecule has 1 unspecified atom stereocenters. The summed E-state index contributed by atoms with van der Waals surface area (Å²) in [6.45, 7) is 1.32. The first-order valence-corrected chi connectivity index (χ1v) is 11.5. The summed E-state index contributed by atoms with van der Waals surface area (Å²) in [4.78, 5) is 49.3. The second-order valence-electron chi connectivity index (χ2n) is 7.36. The molecule has 2 amide bonds. The maximum absolute atomic E-state index is 13.1. The zero-order chi connectivity index (χ0) is 27.1. The van der Waals surface area contributed by atoms with Crippen molar-refractivity contribution in [1.29, 1.82) is 0 Å². The summed E-state index contributed by atoms with van der Waals surface area (Å²) in [5, 5.41) is 17.9. The Balaban J connectivity index is 1.84. The van der Waals surface area contributed by atoms with Crippen LogP contribution < -0.4 is 24.8 Å². The van der Waals surface area contributed by atoms with Crippen molar-refractivity contribution in [3.8, 4) is 17.2 Å². The SMILES string of the molecule is COc1ccc([N+](=O)[O-])cc1NC(=O)C(C)OC(=O)c1cc(OC)c(OC)cc1NC(=O)c1cccs1. The number of rotatable bonds is 10. The number of nitro groups is 1. The molecule has 12 nitrogen and oxygen atoms in total. The number of benzene rings is 2. The van der Waals surface area contributed by atoms with Crippen LogP contribution in [-0.4, -0.2) is 50.1 Å². The van der Waals surface area contributed by atoms with Crippen LogP contribution in [0.5, 0.6) is 17.2 Å². The van der Waals surface area contributed by atoms with Crippen molar-refractivity contribution in [3.63, 3.8) is 0 Å². The van der Waals surface area contributed by atoms with Gasteiger partial charge in [0.25, 0.3) is 17.5 Å². The van der Waals surface area contributed by atoms with Gasteiger partial charge in [-0.05, 0) is 24.4 Å². The molecule has 2 N–H and O–H groups in total.